The minimum atomic E-state index is 0.225. The van der Waals surface area contributed by atoms with Crippen molar-refractivity contribution in [3.8, 4) is 0 Å². The number of carbonyl (C=O) groups excluding carboxylic acids is 1. The van der Waals surface area contributed by atoms with E-state index in [1.54, 1.807) is 0 Å². The van der Waals surface area contributed by atoms with Crippen LogP contribution in [-0.2, 0) is 4.79 Å². The molecule has 0 aromatic rings. The molecule has 0 N–H and O–H groups in total. The highest BCUT2D eigenvalue weighted by atomic mass is 16.1. The third-order valence-corrected chi connectivity index (χ3v) is 5.22. The van der Waals surface area contributed by atoms with Gasteiger partial charge >= 0.3 is 0 Å². The van der Waals surface area contributed by atoms with Gasteiger partial charge in [0.2, 0.25) is 0 Å². The van der Waals surface area contributed by atoms with E-state index < -0.39 is 0 Å². The molecule has 3 rings (SSSR count). The van der Waals surface area contributed by atoms with Gasteiger partial charge in [-0.15, -0.1) is 6.58 Å². The van der Waals surface area contributed by atoms with Crippen LogP contribution in [0.25, 0.3) is 0 Å². The fourth-order valence-corrected chi connectivity index (χ4v) is 4.08. The summed E-state index contributed by atoms with van der Waals surface area (Å²) in [5.41, 5.74) is 1.63. The van der Waals surface area contributed by atoms with Crippen LogP contribution in [0.15, 0.2) is 12.2 Å². The average Bonchev–Trinajstić information content (AvgIpc) is 2.25. The van der Waals surface area contributed by atoms with Gasteiger partial charge in [0.15, 0.2) is 0 Å². The molecule has 0 radical (unpaired) electrons. The molecule has 0 aromatic carbocycles. The molecule has 3 aliphatic carbocycles. The lowest BCUT2D eigenvalue weighted by atomic mass is 9.44. The lowest BCUT2D eigenvalue weighted by Gasteiger charge is -2.61. The van der Waals surface area contributed by atoms with Crippen LogP contribution in [0.3, 0.4) is 0 Å². The van der Waals surface area contributed by atoms with Gasteiger partial charge in [0.05, 0.1) is 0 Å². The summed E-state index contributed by atoms with van der Waals surface area (Å²) in [4.78, 5) is 11.3. The van der Waals surface area contributed by atoms with Crippen molar-refractivity contribution >= 4 is 6.29 Å². The van der Waals surface area contributed by atoms with Crippen molar-refractivity contribution in [1.29, 1.82) is 0 Å². The molecule has 0 heterocycles. The molecule has 16 heavy (non-hydrogen) atoms. The SMILES string of the molecule is C=C(C)CC(C=O)C1CCC2CC1C2(C)C. The van der Waals surface area contributed by atoms with Crippen LogP contribution in [0.2, 0.25) is 0 Å². The molecule has 1 nitrogen and oxygen atoms in total. The normalized spacial score (nSPS) is 37.3. The molecular formula is C15H24O. The number of hydrogen-bond donors (Lipinski definition) is 0. The molecule has 1 heteroatoms. The highest BCUT2D eigenvalue weighted by Crippen LogP contribution is 2.62. The van der Waals surface area contributed by atoms with Gasteiger partial charge < -0.3 is 4.79 Å². The van der Waals surface area contributed by atoms with E-state index in [9.17, 15) is 4.79 Å². The zero-order valence-electron chi connectivity index (χ0n) is 10.8. The first-order chi connectivity index (χ1) is 7.46. The molecule has 0 spiro atoms. The van der Waals surface area contributed by atoms with Crippen LogP contribution in [0.1, 0.15) is 46.5 Å². The van der Waals surface area contributed by atoms with Crippen LogP contribution in [0.5, 0.6) is 0 Å². The Hall–Kier alpha value is -0.590. The van der Waals surface area contributed by atoms with Crippen molar-refractivity contribution in [3.63, 3.8) is 0 Å². The minimum absolute atomic E-state index is 0.225. The Morgan fingerprint density at radius 1 is 1.50 bits per heavy atom. The number of fused-ring (bicyclic) bond motifs is 2. The van der Waals surface area contributed by atoms with Gasteiger partial charge in [-0.25, -0.2) is 0 Å². The van der Waals surface area contributed by atoms with Crippen LogP contribution >= 0.6 is 0 Å². The summed E-state index contributed by atoms with van der Waals surface area (Å²) < 4.78 is 0. The second kappa shape index (κ2) is 4.01. The lowest BCUT2D eigenvalue weighted by molar-refractivity contribution is -0.134. The van der Waals surface area contributed by atoms with E-state index in [0.717, 1.165) is 23.8 Å². The van der Waals surface area contributed by atoms with E-state index in [2.05, 4.69) is 20.4 Å². The molecule has 2 bridgehead atoms. The zero-order valence-corrected chi connectivity index (χ0v) is 10.8. The van der Waals surface area contributed by atoms with E-state index >= 15 is 0 Å². The summed E-state index contributed by atoms with van der Waals surface area (Å²) in [6.07, 6.45) is 6.03. The Bertz CT molecular complexity index is 301. The molecule has 90 valence electrons. The average molecular weight is 220 g/mol. The summed E-state index contributed by atoms with van der Waals surface area (Å²) in [5, 5.41) is 0. The largest absolute Gasteiger partial charge is 0.303 e. The van der Waals surface area contributed by atoms with Crippen molar-refractivity contribution in [2.75, 3.05) is 0 Å². The highest BCUT2D eigenvalue weighted by Gasteiger charge is 2.55. The number of hydrogen-bond acceptors (Lipinski definition) is 1. The third-order valence-electron chi connectivity index (χ3n) is 5.22. The zero-order chi connectivity index (χ0) is 11.9. The molecule has 3 aliphatic rings. The Balaban J connectivity index is 2.08. The minimum Gasteiger partial charge on any atom is -0.303 e. The summed E-state index contributed by atoms with van der Waals surface area (Å²) in [5.74, 6) is 2.55. The van der Waals surface area contributed by atoms with E-state index in [1.807, 2.05) is 6.92 Å². The van der Waals surface area contributed by atoms with Crippen molar-refractivity contribution in [3.05, 3.63) is 12.2 Å². The Morgan fingerprint density at radius 2 is 2.19 bits per heavy atom. The predicted octanol–water partition coefficient (Wildman–Crippen LogP) is 3.84. The predicted molar refractivity (Wildman–Crippen MR) is 67.1 cm³/mol. The summed E-state index contributed by atoms with van der Waals surface area (Å²) in [6, 6.07) is 0. The first-order valence-corrected chi connectivity index (χ1v) is 6.56. The fraction of sp³-hybridized carbons (Fsp3) is 0.800. The number of aldehydes is 1. The lowest BCUT2D eigenvalue weighted by Crippen LogP contribution is -2.54. The van der Waals surface area contributed by atoms with Gasteiger partial charge in [0.1, 0.15) is 6.29 Å². The fourth-order valence-electron chi connectivity index (χ4n) is 4.08. The van der Waals surface area contributed by atoms with Gasteiger partial charge in [0.25, 0.3) is 0 Å². The van der Waals surface area contributed by atoms with Gasteiger partial charge in [-0.05, 0) is 55.8 Å². The summed E-state index contributed by atoms with van der Waals surface area (Å²) >= 11 is 0. The van der Waals surface area contributed by atoms with E-state index in [-0.39, 0.29) is 5.92 Å². The van der Waals surface area contributed by atoms with E-state index in [1.165, 1.54) is 25.5 Å². The maximum atomic E-state index is 11.3. The van der Waals surface area contributed by atoms with E-state index in [0.29, 0.717) is 11.3 Å². The van der Waals surface area contributed by atoms with Crippen molar-refractivity contribution in [2.24, 2.45) is 29.1 Å². The van der Waals surface area contributed by atoms with Crippen molar-refractivity contribution < 1.29 is 4.79 Å². The maximum absolute atomic E-state index is 11.3. The molecular weight excluding hydrogens is 196 g/mol. The van der Waals surface area contributed by atoms with Gasteiger partial charge in [-0.3, -0.25) is 0 Å². The van der Waals surface area contributed by atoms with Gasteiger partial charge in [-0.1, -0.05) is 19.4 Å². The standard InChI is InChI=1S/C15H24O/c1-10(2)7-11(9-16)13-6-5-12-8-14(13)15(12,3)4/h9,11-14H,1,5-8H2,2-4H3. The first-order valence-electron chi connectivity index (χ1n) is 6.56. The molecule has 0 amide bonds. The molecule has 0 aliphatic heterocycles. The van der Waals surface area contributed by atoms with Gasteiger partial charge in [-0.2, -0.15) is 0 Å². The summed E-state index contributed by atoms with van der Waals surface area (Å²) in [7, 11) is 0. The molecule has 0 saturated heterocycles. The number of carbonyl (C=O) groups is 1. The third kappa shape index (κ3) is 1.74. The van der Waals surface area contributed by atoms with Crippen molar-refractivity contribution in [1.82, 2.24) is 0 Å². The Kier molecular flexibility index (Phi) is 2.98. The van der Waals surface area contributed by atoms with Crippen LogP contribution in [0, 0.1) is 29.1 Å². The molecule has 3 saturated carbocycles. The monoisotopic (exact) mass is 220 g/mol. The molecule has 4 atom stereocenters. The Morgan fingerprint density at radius 3 is 2.62 bits per heavy atom. The first kappa shape index (κ1) is 11.9. The molecule has 0 aromatic heterocycles. The molecule has 3 fully saturated rings. The second-order valence-electron chi connectivity index (χ2n) is 6.56. The highest BCUT2D eigenvalue weighted by molar-refractivity contribution is 5.55. The molecule has 4 unspecified atom stereocenters. The second-order valence-corrected chi connectivity index (χ2v) is 6.56. The van der Waals surface area contributed by atoms with Gasteiger partial charge in [0, 0.05) is 5.92 Å². The van der Waals surface area contributed by atoms with Crippen molar-refractivity contribution in [2.45, 2.75) is 46.5 Å². The van der Waals surface area contributed by atoms with E-state index in [4.69, 9.17) is 0 Å². The number of rotatable bonds is 4. The van der Waals surface area contributed by atoms with Crippen LogP contribution in [0.4, 0.5) is 0 Å². The van der Waals surface area contributed by atoms with Crippen LogP contribution < -0.4 is 0 Å². The summed E-state index contributed by atoms with van der Waals surface area (Å²) in [6.45, 7) is 10.8. The number of allylic oxidation sites excluding steroid dienone is 1. The quantitative estimate of drug-likeness (QED) is 0.519. The van der Waals surface area contributed by atoms with Crippen LogP contribution in [-0.4, -0.2) is 6.29 Å². The Labute approximate surface area is 99.3 Å². The topological polar surface area (TPSA) is 17.1 Å². The maximum Gasteiger partial charge on any atom is 0.123 e. The smallest absolute Gasteiger partial charge is 0.123 e.